The van der Waals surface area contributed by atoms with Crippen LogP contribution in [-0.4, -0.2) is 30.3 Å². The van der Waals surface area contributed by atoms with E-state index in [1.54, 1.807) is 31.4 Å². The molecule has 2 heterocycles. The quantitative estimate of drug-likeness (QED) is 0.772. The van der Waals surface area contributed by atoms with Crippen molar-refractivity contribution in [2.75, 3.05) is 19.5 Å². The Balaban J connectivity index is 1.80. The Morgan fingerprint density at radius 3 is 2.65 bits per heavy atom. The number of rotatable bonds is 5. The molecule has 23 heavy (non-hydrogen) atoms. The van der Waals surface area contributed by atoms with Crippen molar-refractivity contribution in [2.24, 2.45) is 0 Å². The fourth-order valence-electron chi connectivity index (χ4n) is 1.93. The number of amides is 1. The van der Waals surface area contributed by atoms with Crippen molar-refractivity contribution in [1.29, 1.82) is 0 Å². The number of carbonyl (C=O) groups excluding carboxylic acids is 1. The summed E-state index contributed by atoms with van der Waals surface area (Å²) in [6, 6.07) is 8.27. The molecule has 8 heteroatoms. The number of anilines is 1. The van der Waals surface area contributed by atoms with E-state index in [4.69, 9.17) is 18.3 Å². The lowest BCUT2D eigenvalue weighted by Gasteiger charge is -2.07. The number of benzene rings is 1. The minimum Gasteiger partial charge on any atom is -0.493 e. The van der Waals surface area contributed by atoms with Crippen molar-refractivity contribution in [3.63, 3.8) is 0 Å². The van der Waals surface area contributed by atoms with E-state index in [1.807, 2.05) is 0 Å². The fraction of sp³-hybridized carbons (Fsp3) is 0.133. The molecule has 0 aliphatic carbocycles. The Bertz CT molecular complexity index is 810. The Kier molecular flexibility index (Phi) is 3.96. The minimum atomic E-state index is -0.475. The van der Waals surface area contributed by atoms with E-state index in [9.17, 15) is 4.79 Å². The van der Waals surface area contributed by atoms with E-state index in [2.05, 4.69) is 15.5 Å². The molecule has 0 aliphatic heterocycles. The molecule has 118 valence electrons. The highest BCUT2D eigenvalue weighted by atomic mass is 16.5. The van der Waals surface area contributed by atoms with Crippen molar-refractivity contribution in [3.05, 3.63) is 42.4 Å². The van der Waals surface area contributed by atoms with Gasteiger partial charge in [-0.05, 0) is 30.3 Å². The lowest BCUT2D eigenvalue weighted by atomic mass is 10.2. The third kappa shape index (κ3) is 3.00. The number of carbonyl (C=O) groups is 1. The molecule has 0 radical (unpaired) electrons. The lowest BCUT2D eigenvalue weighted by molar-refractivity contribution is 0.0994. The monoisotopic (exact) mass is 315 g/mol. The van der Waals surface area contributed by atoms with Gasteiger partial charge in [0.25, 0.3) is 5.91 Å². The number of hydrogen-bond donors (Lipinski definition) is 1. The standard InChI is InChI=1S/C15H13N3O5/c1-20-10-6-5-9(8-12(10)21-2)14-17-18-15(23-14)16-13(19)11-4-3-7-22-11/h3-8H,1-2H3,(H,16,18,19). The number of aromatic nitrogens is 2. The van der Waals surface area contributed by atoms with E-state index >= 15 is 0 Å². The van der Waals surface area contributed by atoms with Gasteiger partial charge in [0.05, 0.1) is 20.5 Å². The Morgan fingerprint density at radius 1 is 1.13 bits per heavy atom. The molecule has 0 spiro atoms. The summed E-state index contributed by atoms with van der Waals surface area (Å²) in [4.78, 5) is 11.8. The van der Waals surface area contributed by atoms with E-state index < -0.39 is 5.91 Å². The number of nitrogens with one attached hydrogen (secondary N) is 1. The summed E-state index contributed by atoms with van der Waals surface area (Å²) < 4.78 is 20.8. The van der Waals surface area contributed by atoms with E-state index in [0.717, 1.165) is 0 Å². The van der Waals surface area contributed by atoms with Gasteiger partial charge in [-0.2, -0.15) is 0 Å². The first kappa shape index (κ1) is 14.6. The van der Waals surface area contributed by atoms with Crippen LogP contribution in [0.15, 0.2) is 45.4 Å². The molecule has 0 fully saturated rings. The zero-order valence-electron chi connectivity index (χ0n) is 12.4. The van der Waals surface area contributed by atoms with E-state index in [1.165, 1.54) is 19.4 Å². The van der Waals surface area contributed by atoms with Crippen molar-refractivity contribution >= 4 is 11.9 Å². The number of nitrogens with zero attached hydrogens (tertiary/aromatic N) is 2. The van der Waals surface area contributed by atoms with Crippen molar-refractivity contribution in [3.8, 4) is 23.0 Å². The molecular formula is C15H13N3O5. The van der Waals surface area contributed by atoms with Gasteiger partial charge >= 0.3 is 6.01 Å². The summed E-state index contributed by atoms with van der Waals surface area (Å²) in [6.45, 7) is 0. The van der Waals surface area contributed by atoms with Crippen molar-refractivity contribution in [2.45, 2.75) is 0 Å². The maximum absolute atomic E-state index is 11.8. The SMILES string of the molecule is COc1ccc(-c2nnc(NC(=O)c3ccco3)o2)cc1OC. The van der Waals surface area contributed by atoms with Crippen LogP contribution in [0.4, 0.5) is 6.01 Å². The predicted octanol–water partition coefficient (Wildman–Crippen LogP) is 2.60. The Hall–Kier alpha value is -3.29. The van der Waals surface area contributed by atoms with Gasteiger partial charge < -0.3 is 18.3 Å². The van der Waals surface area contributed by atoms with E-state index in [0.29, 0.717) is 17.1 Å². The zero-order chi connectivity index (χ0) is 16.2. The summed E-state index contributed by atoms with van der Waals surface area (Å²) in [5.41, 5.74) is 0.633. The van der Waals surface area contributed by atoms with Crippen LogP contribution in [0.25, 0.3) is 11.5 Å². The van der Waals surface area contributed by atoms with Gasteiger partial charge in [-0.1, -0.05) is 5.10 Å². The second-order valence-electron chi connectivity index (χ2n) is 4.41. The fourth-order valence-corrected chi connectivity index (χ4v) is 1.93. The highest BCUT2D eigenvalue weighted by molar-refractivity contribution is 6.00. The molecule has 0 bridgehead atoms. The van der Waals surface area contributed by atoms with Gasteiger partial charge in [0.1, 0.15) is 0 Å². The molecule has 0 saturated carbocycles. The Labute approximate surface area is 131 Å². The molecule has 3 rings (SSSR count). The first-order valence-electron chi connectivity index (χ1n) is 6.62. The van der Waals surface area contributed by atoms with Crippen LogP contribution >= 0.6 is 0 Å². The first-order valence-corrected chi connectivity index (χ1v) is 6.62. The molecule has 1 amide bonds. The number of ether oxygens (including phenoxy) is 2. The van der Waals surface area contributed by atoms with Gasteiger partial charge in [-0.25, -0.2) is 0 Å². The summed E-state index contributed by atoms with van der Waals surface area (Å²) in [5, 5.41) is 10.1. The zero-order valence-corrected chi connectivity index (χ0v) is 12.4. The van der Waals surface area contributed by atoms with Gasteiger partial charge in [0, 0.05) is 5.56 Å². The van der Waals surface area contributed by atoms with Gasteiger partial charge in [-0.15, -0.1) is 5.10 Å². The highest BCUT2D eigenvalue weighted by Gasteiger charge is 2.15. The minimum absolute atomic E-state index is 0.0313. The van der Waals surface area contributed by atoms with Crippen LogP contribution in [0.5, 0.6) is 11.5 Å². The molecule has 1 N–H and O–H groups in total. The largest absolute Gasteiger partial charge is 0.493 e. The van der Waals surface area contributed by atoms with Crippen LogP contribution in [0, 0.1) is 0 Å². The molecule has 0 atom stereocenters. The topological polar surface area (TPSA) is 99.6 Å². The normalized spacial score (nSPS) is 10.3. The second-order valence-corrected chi connectivity index (χ2v) is 4.41. The average molecular weight is 315 g/mol. The summed E-state index contributed by atoms with van der Waals surface area (Å²) in [6.07, 6.45) is 1.40. The maximum Gasteiger partial charge on any atom is 0.322 e. The number of hydrogen-bond acceptors (Lipinski definition) is 7. The maximum atomic E-state index is 11.8. The molecular weight excluding hydrogens is 302 g/mol. The van der Waals surface area contributed by atoms with Crippen molar-refractivity contribution in [1.82, 2.24) is 10.2 Å². The Morgan fingerprint density at radius 2 is 1.96 bits per heavy atom. The van der Waals surface area contributed by atoms with Crippen LogP contribution < -0.4 is 14.8 Å². The van der Waals surface area contributed by atoms with Crippen LogP contribution in [0.3, 0.4) is 0 Å². The molecule has 8 nitrogen and oxygen atoms in total. The average Bonchev–Trinajstić information content (AvgIpc) is 3.25. The lowest BCUT2D eigenvalue weighted by Crippen LogP contribution is -2.10. The molecule has 0 aliphatic rings. The van der Waals surface area contributed by atoms with Crippen molar-refractivity contribution < 1.29 is 23.1 Å². The second kappa shape index (κ2) is 6.22. The third-order valence-electron chi connectivity index (χ3n) is 3.02. The molecule has 0 saturated heterocycles. The predicted molar refractivity (Wildman–Crippen MR) is 79.5 cm³/mol. The molecule has 2 aromatic heterocycles. The van der Waals surface area contributed by atoms with Crippen LogP contribution in [-0.2, 0) is 0 Å². The van der Waals surface area contributed by atoms with Gasteiger partial charge in [-0.3, -0.25) is 10.1 Å². The molecule has 3 aromatic rings. The van der Waals surface area contributed by atoms with E-state index in [-0.39, 0.29) is 17.7 Å². The third-order valence-corrected chi connectivity index (χ3v) is 3.02. The van der Waals surface area contributed by atoms with Crippen LogP contribution in [0.1, 0.15) is 10.6 Å². The van der Waals surface area contributed by atoms with Crippen LogP contribution in [0.2, 0.25) is 0 Å². The number of furan rings is 1. The summed E-state index contributed by atoms with van der Waals surface area (Å²) in [7, 11) is 3.08. The number of methoxy groups -OCH3 is 2. The smallest absolute Gasteiger partial charge is 0.322 e. The molecule has 1 aromatic carbocycles. The van der Waals surface area contributed by atoms with Gasteiger partial charge in [0.15, 0.2) is 17.3 Å². The molecule has 0 unspecified atom stereocenters. The highest BCUT2D eigenvalue weighted by Crippen LogP contribution is 2.32. The summed E-state index contributed by atoms with van der Waals surface area (Å²) >= 11 is 0. The summed E-state index contributed by atoms with van der Waals surface area (Å²) in [5.74, 6) is 1.03. The van der Waals surface area contributed by atoms with Gasteiger partial charge in [0.2, 0.25) is 5.89 Å². The first-order chi connectivity index (χ1) is 11.2.